The molecule has 0 aromatic heterocycles. The molecule has 0 spiro atoms. The van der Waals surface area contributed by atoms with E-state index in [9.17, 15) is 0 Å². The Morgan fingerprint density at radius 3 is 1.68 bits per heavy atom. The summed E-state index contributed by atoms with van der Waals surface area (Å²) in [6.07, 6.45) is 0. The first kappa shape index (κ1) is 21.1. The minimum atomic E-state index is -0.0488. The molecule has 0 nitrogen and oxygen atoms in total. The van der Waals surface area contributed by atoms with Gasteiger partial charge in [0.05, 0.1) is 0 Å². The summed E-state index contributed by atoms with van der Waals surface area (Å²) in [5.41, 5.74) is 5.64. The Morgan fingerprint density at radius 2 is 1.03 bits per heavy atom. The van der Waals surface area contributed by atoms with Gasteiger partial charge in [-0.05, 0) is 54.6 Å². The Kier molecular flexibility index (Phi) is 5.58. The van der Waals surface area contributed by atoms with E-state index in [4.69, 9.17) is 0 Å². The van der Waals surface area contributed by atoms with Crippen LogP contribution in [0, 0.1) is 0 Å². The van der Waals surface area contributed by atoms with E-state index >= 15 is 0 Å². The molecular formula is C31H32. The first-order valence-electron chi connectivity index (χ1n) is 11.6. The van der Waals surface area contributed by atoms with Crippen LogP contribution < -0.4 is 0 Å². The van der Waals surface area contributed by atoms with E-state index in [1.54, 1.807) is 0 Å². The summed E-state index contributed by atoms with van der Waals surface area (Å²) in [6, 6.07) is 31.3. The number of rotatable bonds is 0. The third-order valence-electron chi connectivity index (χ3n) is 6.41. The summed E-state index contributed by atoms with van der Waals surface area (Å²) in [5.74, 6) is 0. The monoisotopic (exact) mass is 404 g/mol. The molecule has 0 saturated heterocycles. The highest BCUT2D eigenvalue weighted by molar-refractivity contribution is 6.20. The molecule has 0 fully saturated rings. The van der Waals surface area contributed by atoms with Gasteiger partial charge in [0.15, 0.2) is 0 Å². The molecule has 0 N–H and O–H groups in total. The van der Waals surface area contributed by atoms with E-state index in [1.165, 1.54) is 54.6 Å². The van der Waals surface area contributed by atoms with Gasteiger partial charge in [0, 0.05) is 5.41 Å². The summed E-state index contributed by atoms with van der Waals surface area (Å²) in [7, 11) is 0. The highest BCUT2D eigenvalue weighted by atomic mass is 14.4. The lowest BCUT2D eigenvalue weighted by Gasteiger charge is -2.37. The van der Waals surface area contributed by atoms with Gasteiger partial charge >= 0.3 is 0 Å². The maximum Gasteiger partial charge on any atom is 0.0165 e. The summed E-state index contributed by atoms with van der Waals surface area (Å²) >= 11 is 0. The summed E-state index contributed by atoms with van der Waals surface area (Å²) in [4.78, 5) is 0. The SMILES string of the molecule is CC.CC.CC1(C)c2c(c3ccccc3c3ccccc23)-c2cccc3cccc1c23. The zero-order valence-electron chi connectivity index (χ0n) is 19.6. The van der Waals surface area contributed by atoms with Gasteiger partial charge in [0.25, 0.3) is 0 Å². The van der Waals surface area contributed by atoms with Gasteiger partial charge in [-0.25, -0.2) is 0 Å². The zero-order valence-corrected chi connectivity index (χ0v) is 19.6. The first-order valence-corrected chi connectivity index (χ1v) is 11.6. The molecule has 0 unspecified atom stereocenters. The second-order valence-electron chi connectivity index (χ2n) is 8.18. The third kappa shape index (κ3) is 2.97. The highest BCUT2D eigenvalue weighted by Gasteiger charge is 2.35. The fraction of sp³-hybridized carbons (Fsp3) is 0.226. The van der Waals surface area contributed by atoms with Gasteiger partial charge in [-0.1, -0.05) is 126 Å². The van der Waals surface area contributed by atoms with Crippen LogP contribution in [0.1, 0.15) is 52.7 Å². The van der Waals surface area contributed by atoms with E-state index in [1.807, 2.05) is 27.7 Å². The molecule has 0 radical (unpaired) electrons. The third-order valence-corrected chi connectivity index (χ3v) is 6.41. The Hall–Kier alpha value is -3.12. The van der Waals surface area contributed by atoms with Crippen molar-refractivity contribution in [2.75, 3.05) is 0 Å². The second kappa shape index (κ2) is 8.19. The molecule has 156 valence electrons. The molecule has 0 bridgehead atoms. The molecule has 1 aliphatic rings. The van der Waals surface area contributed by atoms with Crippen LogP contribution in [0.2, 0.25) is 0 Å². The van der Waals surface area contributed by atoms with Gasteiger partial charge in [0.2, 0.25) is 0 Å². The van der Waals surface area contributed by atoms with E-state index in [0.717, 1.165) is 0 Å². The molecule has 0 heteroatoms. The van der Waals surface area contributed by atoms with Gasteiger partial charge in [-0.3, -0.25) is 0 Å². The number of hydrogen-bond donors (Lipinski definition) is 0. The smallest absolute Gasteiger partial charge is 0.0165 e. The van der Waals surface area contributed by atoms with E-state index < -0.39 is 0 Å². The number of fused-ring (bicyclic) bond motifs is 7. The second-order valence-corrected chi connectivity index (χ2v) is 8.18. The van der Waals surface area contributed by atoms with Crippen molar-refractivity contribution in [3.05, 3.63) is 96.1 Å². The Bertz CT molecular complexity index is 1380. The molecule has 0 heterocycles. The summed E-state index contributed by atoms with van der Waals surface area (Å²) in [6.45, 7) is 12.8. The number of benzene rings is 5. The van der Waals surface area contributed by atoms with Crippen molar-refractivity contribution < 1.29 is 0 Å². The molecule has 5 aromatic rings. The fourth-order valence-electron chi connectivity index (χ4n) is 5.28. The topological polar surface area (TPSA) is 0 Å². The fourth-order valence-corrected chi connectivity index (χ4v) is 5.28. The van der Waals surface area contributed by atoms with Gasteiger partial charge in [-0.15, -0.1) is 0 Å². The van der Waals surface area contributed by atoms with Crippen molar-refractivity contribution in [3.63, 3.8) is 0 Å². The predicted octanol–water partition coefficient (Wildman–Crippen LogP) is 9.50. The highest BCUT2D eigenvalue weighted by Crippen LogP contribution is 2.53. The van der Waals surface area contributed by atoms with Crippen LogP contribution in [0.5, 0.6) is 0 Å². The van der Waals surface area contributed by atoms with Crippen LogP contribution in [-0.4, -0.2) is 0 Å². The minimum absolute atomic E-state index is 0.0488. The molecule has 0 aliphatic heterocycles. The standard InChI is InChI=1S/C27H20.2C2H6/c1-27(2)23-16-8-10-17-9-7-15-22(24(17)23)25-20-13-5-3-11-18(20)19-12-4-6-14-21(19)26(25)27;2*1-2/h3-16H,1-2H3;2*1-2H3. The van der Waals surface area contributed by atoms with Crippen LogP contribution in [0.3, 0.4) is 0 Å². The molecule has 31 heavy (non-hydrogen) atoms. The van der Waals surface area contributed by atoms with Crippen molar-refractivity contribution in [2.24, 2.45) is 0 Å². The maximum absolute atomic E-state index is 2.39. The largest absolute Gasteiger partial charge is 0.0683 e. The van der Waals surface area contributed by atoms with Crippen LogP contribution >= 0.6 is 0 Å². The van der Waals surface area contributed by atoms with Crippen molar-refractivity contribution in [3.8, 4) is 11.1 Å². The molecule has 0 atom stereocenters. The van der Waals surface area contributed by atoms with Gasteiger partial charge < -0.3 is 0 Å². The maximum atomic E-state index is 2.39. The number of hydrogen-bond acceptors (Lipinski definition) is 0. The van der Waals surface area contributed by atoms with Crippen LogP contribution in [0.4, 0.5) is 0 Å². The van der Waals surface area contributed by atoms with E-state index in [2.05, 4.69) is 98.8 Å². The Labute approximate surface area is 186 Å². The first-order chi connectivity index (χ1) is 15.2. The van der Waals surface area contributed by atoms with Crippen LogP contribution in [0.15, 0.2) is 84.9 Å². The minimum Gasteiger partial charge on any atom is -0.0683 e. The Morgan fingerprint density at radius 1 is 0.516 bits per heavy atom. The molecule has 0 amide bonds. The molecule has 0 saturated carbocycles. The lowest BCUT2D eigenvalue weighted by atomic mass is 9.66. The van der Waals surface area contributed by atoms with Crippen LogP contribution in [-0.2, 0) is 5.41 Å². The average Bonchev–Trinajstić information content (AvgIpc) is 2.84. The van der Waals surface area contributed by atoms with Crippen molar-refractivity contribution in [2.45, 2.75) is 47.0 Å². The Balaban J connectivity index is 0.000000549. The molecule has 1 aliphatic carbocycles. The predicted molar refractivity (Wildman–Crippen MR) is 139 cm³/mol. The van der Waals surface area contributed by atoms with E-state index in [-0.39, 0.29) is 5.41 Å². The van der Waals surface area contributed by atoms with Gasteiger partial charge in [0.1, 0.15) is 0 Å². The van der Waals surface area contributed by atoms with Crippen LogP contribution in [0.25, 0.3) is 43.4 Å². The van der Waals surface area contributed by atoms with Crippen molar-refractivity contribution in [1.29, 1.82) is 0 Å². The van der Waals surface area contributed by atoms with Gasteiger partial charge in [-0.2, -0.15) is 0 Å². The quantitative estimate of drug-likeness (QED) is 0.225. The normalized spacial score (nSPS) is 13.1. The summed E-state index contributed by atoms with van der Waals surface area (Å²) in [5, 5.41) is 8.19. The van der Waals surface area contributed by atoms with Crippen molar-refractivity contribution >= 4 is 32.3 Å². The van der Waals surface area contributed by atoms with E-state index in [0.29, 0.717) is 0 Å². The molecular weight excluding hydrogens is 372 g/mol. The zero-order chi connectivity index (χ0) is 22.2. The lowest BCUT2D eigenvalue weighted by Crippen LogP contribution is -2.24. The lowest BCUT2D eigenvalue weighted by molar-refractivity contribution is 0.652. The van der Waals surface area contributed by atoms with Crippen molar-refractivity contribution in [1.82, 2.24) is 0 Å². The average molecular weight is 405 g/mol. The molecule has 5 aromatic carbocycles. The molecule has 6 rings (SSSR count). The summed E-state index contributed by atoms with van der Waals surface area (Å²) < 4.78 is 0.